The molecular formula is C20H32ClNO6. The van der Waals surface area contributed by atoms with E-state index in [0.29, 0.717) is 13.0 Å². The first kappa shape index (κ1) is 28.3. The van der Waals surface area contributed by atoms with Gasteiger partial charge in [0.2, 0.25) is 0 Å². The van der Waals surface area contributed by atoms with Crippen LogP contribution in [0.3, 0.4) is 0 Å². The van der Waals surface area contributed by atoms with Gasteiger partial charge in [-0.15, -0.1) is 12.4 Å². The largest absolute Gasteiger partial charge is 0.481 e. The van der Waals surface area contributed by atoms with Crippen LogP contribution >= 0.6 is 12.4 Å². The number of aliphatic hydroxyl groups is 2. The standard InChI is InChI=1S/C12H15NO2.2C4H8O2.ClH/c13-8-7-12(15)6-2-3-9-10(12)4-1-5-11(9)14;2*1-3(2)4(5)6;/h1-6,11,14-15H,7-8,13H2;2*3H,1-2H3,(H,5,6);1H. The Morgan fingerprint density at radius 2 is 1.54 bits per heavy atom. The van der Waals surface area contributed by atoms with E-state index in [1.165, 1.54) is 0 Å². The lowest BCUT2D eigenvalue weighted by molar-refractivity contribution is -0.141. The van der Waals surface area contributed by atoms with Crippen molar-refractivity contribution >= 4 is 24.3 Å². The normalized spacial score (nSPS) is 21.8. The highest BCUT2D eigenvalue weighted by Gasteiger charge is 2.34. The number of hydrogen-bond acceptors (Lipinski definition) is 5. The van der Waals surface area contributed by atoms with E-state index in [4.69, 9.17) is 15.9 Å². The molecule has 0 saturated heterocycles. The molecule has 0 aliphatic heterocycles. The van der Waals surface area contributed by atoms with Gasteiger partial charge in [-0.2, -0.15) is 0 Å². The molecule has 0 spiro atoms. The molecule has 2 aliphatic rings. The third-order valence-corrected chi connectivity index (χ3v) is 3.81. The minimum absolute atomic E-state index is 0. The van der Waals surface area contributed by atoms with Gasteiger partial charge in [0.15, 0.2) is 0 Å². The molecule has 0 fully saturated rings. The fraction of sp³-hybridized carbons (Fsp3) is 0.500. The van der Waals surface area contributed by atoms with Crippen LogP contribution in [0.15, 0.2) is 47.6 Å². The highest BCUT2D eigenvalue weighted by atomic mass is 35.5. The average Bonchev–Trinajstić information content (AvgIpc) is 2.57. The summed E-state index contributed by atoms with van der Waals surface area (Å²) in [5, 5.41) is 36.1. The van der Waals surface area contributed by atoms with Crippen molar-refractivity contribution in [1.29, 1.82) is 0 Å². The van der Waals surface area contributed by atoms with E-state index in [1.807, 2.05) is 12.2 Å². The Bertz CT molecular complexity index is 619. The van der Waals surface area contributed by atoms with Crippen LogP contribution in [0.5, 0.6) is 0 Å². The summed E-state index contributed by atoms with van der Waals surface area (Å²) in [7, 11) is 0. The van der Waals surface area contributed by atoms with Crippen LogP contribution < -0.4 is 5.73 Å². The number of fused-ring (bicyclic) bond motifs is 1. The number of aliphatic hydroxyl groups excluding tert-OH is 1. The molecule has 8 heteroatoms. The maximum atomic E-state index is 10.4. The number of carboxylic acids is 2. The van der Waals surface area contributed by atoms with Crippen molar-refractivity contribution in [3.8, 4) is 0 Å². The number of nitrogens with two attached hydrogens (primary N) is 1. The first-order valence-corrected chi connectivity index (χ1v) is 8.81. The lowest BCUT2D eigenvalue weighted by atomic mass is 9.78. The minimum Gasteiger partial charge on any atom is -0.481 e. The van der Waals surface area contributed by atoms with Gasteiger partial charge >= 0.3 is 11.9 Å². The molecular weight excluding hydrogens is 386 g/mol. The van der Waals surface area contributed by atoms with Gasteiger partial charge in [0.05, 0.1) is 17.9 Å². The first-order chi connectivity index (χ1) is 12.5. The Morgan fingerprint density at radius 1 is 1.07 bits per heavy atom. The van der Waals surface area contributed by atoms with E-state index in [1.54, 1.807) is 52.0 Å². The van der Waals surface area contributed by atoms with Crippen molar-refractivity contribution in [1.82, 2.24) is 0 Å². The second-order valence-electron chi connectivity index (χ2n) is 6.84. The van der Waals surface area contributed by atoms with E-state index in [2.05, 4.69) is 0 Å². The summed E-state index contributed by atoms with van der Waals surface area (Å²) in [5.41, 5.74) is 5.97. The summed E-state index contributed by atoms with van der Waals surface area (Å²) in [5.74, 6) is -1.94. The Labute approximate surface area is 172 Å². The van der Waals surface area contributed by atoms with Crippen LogP contribution in [0.4, 0.5) is 0 Å². The molecule has 0 heterocycles. The van der Waals surface area contributed by atoms with Crippen LogP contribution in [0, 0.1) is 11.8 Å². The second-order valence-corrected chi connectivity index (χ2v) is 6.84. The molecule has 0 aromatic carbocycles. The summed E-state index contributed by atoms with van der Waals surface area (Å²) in [6, 6.07) is 0. The fourth-order valence-corrected chi connectivity index (χ4v) is 2.04. The number of carboxylic acid groups (broad SMARTS) is 2. The lowest BCUT2D eigenvalue weighted by Gasteiger charge is -2.34. The maximum Gasteiger partial charge on any atom is 0.305 e. The molecule has 2 rings (SSSR count). The number of hydrogen-bond donors (Lipinski definition) is 5. The molecule has 160 valence electrons. The summed E-state index contributed by atoms with van der Waals surface area (Å²) >= 11 is 0. The summed E-state index contributed by atoms with van der Waals surface area (Å²) < 4.78 is 0. The number of aliphatic carboxylic acids is 2. The van der Waals surface area contributed by atoms with Crippen LogP contribution in [-0.4, -0.2) is 50.6 Å². The fourth-order valence-electron chi connectivity index (χ4n) is 2.04. The Morgan fingerprint density at radius 3 is 1.93 bits per heavy atom. The van der Waals surface area contributed by atoms with Crippen LogP contribution in [0.2, 0.25) is 0 Å². The van der Waals surface area contributed by atoms with E-state index >= 15 is 0 Å². The zero-order valence-corrected chi connectivity index (χ0v) is 17.5. The second kappa shape index (κ2) is 13.3. The molecule has 0 saturated carbocycles. The molecule has 6 N–H and O–H groups in total. The van der Waals surface area contributed by atoms with E-state index in [0.717, 1.165) is 11.1 Å². The van der Waals surface area contributed by atoms with Gasteiger partial charge in [-0.1, -0.05) is 58.1 Å². The van der Waals surface area contributed by atoms with Gasteiger partial charge in [0.25, 0.3) is 0 Å². The molecule has 0 aromatic rings. The molecule has 2 unspecified atom stereocenters. The van der Waals surface area contributed by atoms with Gasteiger partial charge in [-0.3, -0.25) is 9.59 Å². The maximum absolute atomic E-state index is 10.4. The Balaban J connectivity index is 0. The summed E-state index contributed by atoms with van der Waals surface area (Å²) in [4.78, 5) is 19.4. The average molecular weight is 418 g/mol. The molecule has 28 heavy (non-hydrogen) atoms. The predicted molar refractivity (Wildman–Crippen MR) is 111 cm³/mol. The minimum atomic E-state index is -1.02. The van der Waals surface area contributed by atoms with E-state index in [9.17, 15) is 19.8 Å². The summed E-state index contributed by atoms with van der Waals surface area (Å²) in [6.07, 6.45) is 10.4. The van der Waals surface area contributed by atoms with Crippen molar-refractivity contribution in [2.24, 2.45) is 17.6 Å². The van der Waals surface area contributed by atoms with Crippen molar-refractivity contribution in [3.63, 3.8) is 0 Å². The summed E-state index contributed by atoms with van der Waals surface area (Å²) in [6.45, 7) is 6.97. The molecule has 0 radical (unpaired) electrons. The zero-order valence-electron chi connectivity index (χ0n) is 16.7. The highest BCUT2D eigenvalue weighted by molar-refractivity contribution is 5.85. The topological polar surface area (TPSA) is 141 Å². The third kappa shape index (κ3) is 9.32. The van der Waals surface area contributed by atoms with Gasteiger partial charge in [-0.05, 0) is 30.2 Å². The molecule has 2 atom stereocenters. The van der Waals surface area contributed by atoms with Crippen molar-refractivity contribution in [2.45, 2.75) is 45.8 Å². The van der Waals surface area contributed by atoms with E-state index < -0.39 is 23.6 Å². The highest BCUT2D eigenvalue weighted by Crippen LogP contribution is 2.35. The Kier molecular flexibility index (Phi) is 13.4. The number of allylic oxidation sites excluding steroid dienone is 4. The number of halogens is 1. The van der Waals surface area contributed by atoms with Crippen molar-refractivity contribution < 1.29 is 30.0 Å². The third-order valence-electron chi connectivity index (χ3n) is 3.81. The van der Waals surface area contributed by atoms with E-state index in [-0.39, 0.29) is 24.2 Å². The molecule has 0 amide bonds. The molecule has 0 aromatic heterocycles. The number of rotatable bonds is 4. The molecule has 2 aliphatic carbocycles. The monoisotopic (exact) mass is 417 g/mol. The van der Waals surface area contributed by atoms with Gasteiger partial charge in [0.1, 0.15) is 5.60 Å². The van der Waals surface area contributed by atoms with Crippen LogP contribution in [0.25, 0.3) is 0 Å². The zero-order chi connectivity index (χ0) is 21.2. The van der Waals surface area contributed by atoms with Crippen molar-refractivity contribution in [2.75, 3.05) is 6.54 Å². The first-order valence-electron chi connectivity index (χ1n) is 8.81. The van der Waals surface area contributed by atoms with Gasteiger partial charge in [-0.25, -0.2) is 0 Å². The van der Waals surface area contributed by atoms with Gasteiger partial charge < -0.3 is 26.2 Å². The van der Waals surface area contributed by atoms with Gasteiger partial charge in [0, 0.05) is 0 Å². The predicted octanol–water partition coefficient (Wildman–Crippen LogP) is 2.30. The quantitative estimate of drug-likeness (QED) is 0.472. The van der Waals surface area contributed by atoms with Crippen LogP contribution in [0.1, 0.15) is 34.1 Å². The number of carbonyl (C=O) groups is 2. The van der Waals surface area contributed by atoms with Crippen LogP contribution in [-0.2, 0) is 9.59 Å². The molecule has 0 bridgehead atoms. The smallest absolute Gasteiger partial charge is 0.305 e. The van der Waals surface area contributed by atoms with Crippen molar-refractivity contribution in [3.05, 3.63) is 47.6 Å². The Hall–Kier alpha value is -1.93. The lowest BCUT2D eigenvalue weighted by Crippen LogP contribution is -2.36. The molecule has 7 nitrogen and oxygen atoms in total. The SMILES string of the molecule is CC(C)C(=O)O.CC(C)C(=O)O.Cl.NCCC1(O)C=CC=C2C1=CC=CC2O.